The first-order valence-corrected chi connectivity index (χ1v) is 5.42. The second kappa shape index (κ2) is 5.05. The summed E-state index contributed by atoms with van der Waals surface area (Å²) in [7, 11) is 0. The third kappa shape index (κ3) is 2.78. The molecule has 0 atom stereocenters. The number of furan rings is 1. The lowest BCUT2D eigenvalue weighted by atomic mass is 10.2. The molecule has 0 amide bonds. The fourth-order valence-electron chi connectivity index (χ4n) is 1.45. The van der Waals surface area contributed by atoms with Gasteiger partial charge in [0.2, 0.25) is 0 Å². The van der Waals surface area contributed by atoms with Crippen LogP contribution in [0.5, 0.6) is 0 Å². The van der Waals surface area contributed by atoms with Crippen LogP contribution in [0.2, 0.25) is 5.02 Å². The molecule has 1 aromatic heterocycles. The summed E-state index contributed by atoms with van der Waals surface area (Å²) in [5.74, 6) is 1.26. The Morgan fingerprint density at radius 3 is 2.62 bits per heavy atom. The van der Waals surface area contributed by atoms with Crippen LogP contribution in [0.4, 0.5) is 5.88 Å². The van der Waals surface area contributed by atoms with Gasteiger partial charge in [-0.25, -0.2) is 0 Å². The molecule has 3 nitrogen and oxygen atoms in total. The first-order valence-electron chi connectivity index (χ1n) is 5.04. The smallest absolute Gasteiger partial charge is 0.190 e. The number of nitrogen functional groups attached to an aromatic ring is 1. The molecule has 0 aliphatic carbocycles. The van der Waals surface area contributed by atoms with Gasteiger partial charge in [-0.2, -0.15) is 0 Å². The molecule has 0 saturated carbocycles. The zero-order valence-electron chi connectivity index (χ0n) is 8.74. The number of anilines is 1. The molecule has 16 heavy (non-hydrogen) atoms. The van der Waals surface area contributed by atoms with Gasteiger partial charge in [0.25, 0.3) is 0 Å². The molecule has 3 N–H and O–H groups in total. The van der Waals surface area contributed by atoms with Gasteiger partial charge < -0.3 is 15.5 Å². The standard InChI is InChI=1S/C12H13ClN2O/c13-11-4-2-1-3-9(11)7-15-8-10-5-6-12(14)16-10/h1-6,15H,7-8,14H2. The summed E-state index contributed by atoms with van der Waals surface area (Å²) in [5.41, 5.74) is 6.54. The second-order valence-corrected chi connectivity index (χ2v) is 3.91. The van der Waals surface area contributed by atoms with E-state index in [1.807, 2.05) is 30.3 Å². The molecule has 0 fully saturated rings. The molecule has 1 heterocycles. The van der Waals surface area contributed by atoms with Crippen LogP contribution in [0.3, 0.4) is 0 Å². The molecule has 0 spiro atoms. The summed E-state index contributed by atoms with van der Waals surface area (Å²) < 4.78 is 5.23. The Morgan fingerprint density at radius 1 is 1.12 bits per heavy atom. The molecule has 2 aromatic rings. The van der Waals surface area contributed by atoms with Gasteiger partial charge in [0, 0.05) is 17.6 Å². The first-order chi connectivity index (χ1) is 7.75. The maximum absolute atomic E-state index is 6.03. The lowest BCUT2D eigenvalue weighted by Crippen LogP contribution is -2.12. The molecule has 0 aliphatic heterocycles. The summed E-state index contributed by atoms with van der Waals surface area (Å²) >= 11 is 6.03. The number of rotatable bonds is 4. The molecule has 4 heteroatoms. The maximum atomic E-state index is 6.03. The third-order valence-corrected chi connectivity index (χ3v) is 2.62. The van der Waals surface area contributed by atoms with Crippen molar-refractivity contribution in [3.05, 3.63) is 52.7 Å². The van der Waals surface area contributed by atoms with E-state index in [9.17, 15) is 0 Å². The summed E-state index contributed by atoms with van der Waals surface area (Å²) in [6, 6.07) is 11.4. The highest BCUT2D eigenvalue weighted by Gasteiger charge is 2.00. The Balaban J connectivity index is 1.87. The van der Waals surface area contributed by atoms with E-state index in [2.05, 4.69) is 5.32 Å². The molecule has 0 aliphatic rings. The van der Waals surface area contributed by atoms with Gasteiger partial charge in [-0.15, -0.1) is 0 Å². The molecule has 84 valence electrons. The van der Waals surface area contributed by atoms with Crippen LogP contribution in [0.25, 0.3) is 0 Å². The van der Waals surface area contributed by atoms with E-state index < -0.39 is 0 Å². The van der Waals surface area contributed by atoms with Gasteiger partial charge in [0.1, 0.15) is 5.76 Å². The summed E-state index contributed by atoms with van der Waals surface area (Å²) in [6.07, 6.45) is 0. The Hall–Kier alpha value is -1.45. The van der Waals surface area contributed by atoms with Crippen molar-refractivity contribution in [2.24, 2.45) is 0 Å². The summed E-state index contributed by atoms with van der Waals surface area (Å²) in [4.78, 5) is 0. The van der Waals surface area contributed by atoms with E-state index >= 15 is 0 Å². The van der Waals surface area contributed by atoms with Crippen LogP contribution in [0.1, 0.15) is 11.3 Å². The van der Waals surface area contributed by atoms with E-state index in [1.54, 1.807) is 6.07 Å². The van der Waals surface area contributed by atoms with Gasteiger partial charge in [0.05, 0.1) is 6.54 Å². The summed E-state index contributed by atoms with van der Waals surface area (Å²) in [5, 5.41) is 4.01. The Kier molecular flexibility index (Phi) is 3.49. The van der Waals surface area contributed by atoms with Crippen LogP contribution < -0.4 is 11.1 Å². The van der Waals surface area contributed by atoms with Crippen molar-refractivity contribution >= 4 is 17.5 Å². The third-order valence-electron chi connectivity index (χ3n) is 2.25. The number of hydrogen-bond donors (Lipinski definition) is 2. The van der Waals surface area contributed by atoms with Gasteiger partial charge in [0.15, 0.2) is 5.88 Å². The van der Waals surface area contributed by atoms with Crippen molar-refractivity contribution in [1.29, 1.82) is 0 Å². The highest BCUT2D eigenvalue weighted by atomic mass is 35.5. The SMILES string of the molecule is Nc1ccc(CNCc2ccccc2Cl)o1. The molecule has 0 radical (unpaired) electrons. The number of nitrogens with one attached hydrogen (secondary N) is 1. The lowest BCUT2D eigenvalue weighted by molar-refractivity contribution is 0.497. The summed E-state index contributed by atoms with van der Waals surface area (Å²) in [6.45, 7) is 1.35. The molecule has 0 bridgehead atoms. The monoisotopic (exact) mass is 236 g/mol. The second-order valence-electron chi connectivity index (χ2n) is 3.50. The minimum absolute atomic E-state index is 0.439. The fraction of sp³-hybridized carbons (Fsp3) is 0.167. The largest absolute Gasteiger partial charge is 0.445 e. The van der Waals surface area contributed by atoms with Crippen molar-refractivity contribution in [3.8, 4) is 0 Å². The van der Waals surface area contributed by atoms with Crippen LogP contribution in [0.15, 0.2) is 40.8 Å². The van der Waals surface area contributed by atoms with Crippen LogP contribution in [-0.4, -0.2) is 0 Å². The topological polar surface area (TPSA) is 51.2 Å². The average molecular weight is 237 g/mol. The number of hydrogen-bond acceptors (Lipinski definition) is 3. The van der Waals surface area contributed by atoms with Gasteiger partial charge in [-0.1, -0.05) is 29.8 Å². The molecule has 2 rings (SSSR count). The fourth-order valence-corrected chi connectivity index (χ4v) is 1.65. The maximum Gasteiger partial charge on any atom is 0.190 e. The predicted octanol–water partition coefficient (Wildman–Crippen LogP) is 2.81. The minimum Gasteiger partial charge on any atom is -0.445 e. The molecule has 0 unspecified atom stereocenters. The van der Waals surface area contributed by atoms with Crippen molar-refractivity contribution < 1.29 is 4.42 Å². The van der Waals surface area contributed by atoms with Gasteiger partial charge in [-0.05, 0) is 17.7 Å². The number of benzene rings is 1. The van der Waals surface area contributed by atoms with E-state index in [0.29, 0.717) is 19.0 Å². The van der Waals surface area contributed by atoms with Crippen LogP contribution in [-0.2, 0) is 13.1 Å². The van der Waals surface area contributed by atoms with Crippen LogP contribution in [0, 0.1) is 0 Å². The van der Waals surface area contributed by atoms with E-state index in [0.717, 1.165) is 16.3 Å². The predicted molar refractivity (Wildman–Crippen MR) is 65.1 cm³/mol. The molecule has 0 saturated heterocycles. The first kappa shape index (κ1) is 11.0. The van der Waals surface area contributed by atoms with Crippen LogP contribution >= 0.6 is 11.6 Å². The Morgan fingerprint density at radius 2 is 1.94 bits per heavy atom. The van der Waals surface area contributed by atoms with Gasteiger partial charge in [-0.3, -0.25) is 0 Å². The van der Waals surface area contributed by atoms with Crippen molar-refractivity contribution in [2.45, 2.75) is 13.1 Å². The quantitative estimate of drug-likeness (QED) is 0.858. The normalized spacial score (nSPS) is 10.6. The minimum atomic E-state index is 0.439. The zero-order chi connectivity index (χ0) is 11.4. The lowest BCUT2D eigenvalue weighted by Gasteiger charge is -2.04. The molecular formula is C12H13ClN2O. The van der Waals surface area contributed by atoms with Crippen molar-refractivity contribution in [2.75, 3.05) is 5.73 Å². The molecule has 1 aromatic carbocycles. The highest BCUT2D eigenvalue weighted by Crippen LogP contribution is 2.15. The van der Waals surface area contributed by atoms with Gasteiger partial charge >= 0.3 is 0 Å². The number of nitrogens with two attached hydrogens (primary N) is 1. The average Bonchev–Trinajstić information content (AvgIpc) is 2.67. The van der Waals surface area contributed by atoms with E-state index in [4.69, 9.17) is 21.8 Å². The highest BCUT2D eigenvalue weighted by molar-refractivity contribution is 6.31. The Bertz CT molecular complexity index is 468. The van der Waals surface area contributed by atoms with Crippen molar-refractivity contribution in [3.63, 3.8) is 0 Å². The van der Waals surface area contributed by atoms with Crippen molar-refractivity contribution in [1.82, 2.24) is 5.32 Å². The molecular weight excluding hydrogens is 224 g/mol. The zero-order valence-corrected chi connectivity index (χ0v) is 9.50. The van der Waals surface area contributed by atoms with E-state index in [1.165, 1.54) is 0 Å². The van der Waals surface area contributed by atoms with E-state index in [-0.39, 0.29) is 0 Å². The Labute approximate surface area is 99.2 Å². The number of halogens is 1.